The number of hydrogen-bond donors (Lipinski definition) is 1. The molecule has 0 amide bonds. The van der Waals surface area contributed by atoms with E-state index < -0.39 is 0 Å². The average Bonchev–Trinajstić information content (AvgIpc) is 2.75. The number of hydrogen-bond acceptors (Lipinski definition) is 4. The van der Waals surface area contributed by atoms with Gasteiger partial charge in [0.05, 0.1) is 24.5 Å². The van der Waals surface area contributed by atoms with Crippen LogP contribution >= 0.6 is 11.5 Å². The van der Waals surface area contributed by atoms with E-state index in [0.717, 1.165) is 11.3 Å². The molecule has 0 aromatic carbocycles. The Balaban J connectivity index is 2.05. The fraction of sp³-hybridized carbons (Fsp3) is 0.333. The predicted octanol–water partition coefficient (Wildman–Crippen LogP) is 1.35. The lowest BCUT2D eigenvalue weighted by atomic mass is 10.2. The van der Waals surface area contributed by atoms with Crippen molar-refractivity contribution in [1.82, 2.24) is 14.2 Å². The monoisotopic (exact) mass is 208 g/mol. The smallest absolute Gasteiger partial charge is 0.0728 e. The second kappa shape index (κ2) is 3.89. The molecule has 0 aliphatic heterocycles. The summed E-state index contributed by atoms with van der Waals surface area (Å²) in [6.07, 6.45) is 3.81. The van der Waals surface area contributed by atoms with E-state index in [2.05, 4.69) is 9.47 Å². The molecule has 2 rings (SSSR count). The zero-order valence-electron chi connectivity index (χ0n) is 7.92. The molecular weight excluding hydrogens is 196 g/mol. The van der Waals surface area contributed by atoms with Crippen LogP contribution < -0.4 is 5.73 Å². The summed E-state index contributed by atoms with van der Waals surface area (Å²) in [5.41, 5.74) is 8.05. The van der Waals surface area contributed by atoms with Crippen LogP contribution in [-0.4, -0.2) is 14.2 Å². The van der Waals surface area contributed by atoms with Crippen molar-refractivity contribution in [3.05, 3.63) is 35.1 Å². The van der Waals surface area contributed by atoms with Gasteiger partial charge in [-0.05, 0) is 30.1 Å². The van der Waals surface area contributed by atoms with Gasteiger partial charge in [0.15, 0.2) is 0 Å². The van der Waals surface area contributed by atoms with Crippen molar-refractivity contribution in [1.29, 1.82) is 0 Å². The molecule has 0 radical (unpaired) electrons. The zero-order chi connectivity index (χ0) is 9.97. The number of rotatable bonds is 3. The van der Waals surface area contributed by atoms with Crippen molar-refractivity contribution in [2.24, 2.45) is 5.73 Å². The summed E-state index contributed by atoms with van der Waals surface area (Å²) in [6, 6.07) is 1.88. The quantitative estimate of drug-likeness (QED) is 0.828. The van der Waals surface area contributed by atoms with Crippen LogP contribution in [0.3, 0.4) is 0 Å². The number of aryl methyl sites for hydroxylation is 1. The van der Waals surface area contributed by atoms with Gasteiger partial charge in [0, 0.05) is 11.6 Å². The summed E-state index contributed by atoms with van der Waals surface area (Å²) >= 11 is 1.42. The average molecular weight is 208 g/mol. The number of nitrogens with zero attached hydrogens (tertiary/aromatic N) is 3. The molecule has 2 N–H and O–H groups in total. The van der Waals surface area contributed by atoms with Gasteiger partial charge < -0.3 is 5.73 Å². The highest BCUT2D eigenvalue weighted by atomic mass is 32.1. The minimum absolute atomic E-state index is 0.0689. The van der Waals surface area contributed by atoms with Gasteiger partial charge in [-0.1, -0.05) is 0 Å². The van der Waals surface area contributed by atoms with Crippen LogP contribution in [0.1, 0.15) is 17.3 Å². The molecule has 5 heteroatoms. The Hall–Kier alpha value is -1.20. The van der Waals surface area contributed by atoms with Crippen molar-refractivity contribution in [2.45, 2.75) is 19.5 Å². The Kier molecular flexibility index (Phi) is 2.60. The zero-order valence-corrected chi connectivity index (χ0v) is 8.74. The first-order valence-corrected chi connectivity index (χ1v) is 5.24. The predicted molar refractivity (Wildman–Crippen MR) is 56.0 cm³/mol. The van der Waals surface area contributed by atoms with Crippen LogP contribution in [0.4, 0.5) is 0 Å². The molecule has 0 aliphatic carbocycles. The van der Waals surface area contributed by atoms with E-state index in [0.29, 0.717) is 6.54 Å². The van der Waals surface area contributed by atoms with Crippen molar-refractivity contribution in [3.63, 3.8) is 0 Å². The van der Waals surface area contributed by atoms with Gasteiger partial charge in [-0.15, -0.1) is 0 Å². The summed E-state index contributed by atoms with van der Waals surface area (Å²) < 4.78 is 6.04. The lowest BCUT2D eigenvalue weighted by molar-refractivity contribution is 0.521. The molecule has 1 atom stereocenters. The molecule has 0 aliphatic rings. The van der Waals surface area contributed by atoms with Gasteiger partial charge in [0.25, 0.3) is 0 Å². The lowest BCUT2D eigenvalue weighted by Crippen LogP contribution is -2.18. The highest BCUT2D eigenvalue weighted by Crippen LogP contribution is 2.11. The Morgan fingerprint density at radius 1 is 1.64 bits per heavy atom. The van der Waals surface area contributed by atoms with Gasteiger partial charge >= 0.3 is 0 Å². The normalized spacial score (nSPS) is 13.0. The molecule has 1 unspecified atom stereocenters. The number of nitrogens with two attached hydrogens (primary N) is 1. The van der Waals surface area contributed by atoms with Gasteiger partial charge in [-0.2, -0.15) is 9.47 Å². The van der Waals surface area contributed by atoms with E-state index in [1.807, 2.05) is 35.4 Å². The van der Waals surface area contributed by atoms with Crippen LogP contribution in [-0.2, 0) is 6.54 Å². The van der Waals surface area contributed by atoms with Gasteiger partial charge in [-0.3, -0.25) is 4.68 Å². The molecule has 14 heavy (non-hydrogen) atoms. The molecule has 74 valence electrons. The van der Waals surface area contributed by atoms with Crippen LogP contribution in [0.5, 0.6) is 0 Å². The van der Waals surface area contributed by atoms with E-state index in [1.165, 1.54) is 11.5 Å². The Morgan fingerprint density at radius 2 is 2.50 bits per heavy atom. The lowest BCUT2D eigenvalue weighted by Gasteiger charge is -2.08. The number of aromatic nitrogens is 3. The van der Waals surface area contributed by atoms with Crippen molar-refractivity contribution < 1.29 is 0 Å². The van der Waals surface area contributed by atoms with Crippen LogP contribution in [0.2, 0.25) is 0 Å². The van der Waals surface area contributed by atoms with E-state index >= 15 is 0 Å². The molecule has 2 aromatic rings. The van der Waals surface area contributed by atoms with Crippen molar-refractivity contribution >= 4 is 11.5 Å². The van der Waals surface area contributed by atoms with Crippen molar-refractivity contribution in [2.75, 3.05) is 0 Å². The summed E-state index contributed by atoms with van der Waals surface area (Å²) in [4.78, 5) is 0. The molecular formula is C9H12N4S. The Morgan fingerprint density at radius 3 is 3.07 bits per heavy atom. The highest BCUT2D eigenvalue weighted by molar-refractivity contribution is 7.03. The second-order valence-corrected chi connectivity index (χ2v) is 3.94. The third-order valence-corrected chi connectivity index (χ3v) is 2.56. The highest BCUT2D eigenvalue weighted by Gasteiger charge is 2.08. The molecule has 2 heterocycles. The summed E-state index contributed by atoms with van der Waals surface area (Å²) in [5.74, 6) is 0. The first kappa shape index (κ1) is 9.36. The molecule has 0 saturated carbocycles. The van der Waals surface area contributed by atoms with E-state index in [-0.39, 0.29) is 6.04 Å². The fourth-order valence-electron chi connectivity index (χ4n) is 1.28. The third-order valence-electron chi connectivity index (χ3n) is 1.98. The van der Waals surface area contributed by atoms with Crippen LogP contribution in [0, 0.1) is 6.92 Å². The summed E-state index contributed by atoms with van der Waals surface area (Å²) in [6.45, 7) is 2.69. The maximum absolute atomic E-state index is 5.96. The maximum atomic E-state index is 5.96. The van der Waals surface area contributed by atoms with Gasteiger partial charge in [0.2, 0.25) is 0 Å². The van der Waals surface area contributed by atoms with Gasteiger partial charge in [0.1, 0.15) is 0 Å². The molecule has 0 bridgehead atoms. The minimum Gasteiger partial charge on any atom is -0.321 e. The maximum Gasteiger partial charge on any atom is 0.0728 e. The summed E-state index contributed by atoms with van der Waals surface area (Å²) in [7, 11) is 0. The third kappa shape index (κ3) is 2.00. The molecule has 0 saturated heterocycles. The first-order chi connectivity index (χ1) is 6.75. The van der Waals surface area contributed by atoms with Gasteiger partial charge in [-0.25, -0.2) is 0 Å². The minimum atomic E-state index is -0.0689. The molecule has 0 fully saturated rings. The topological polar surface area (TPSA) is 56.7 Å². The molecule has 2 aromatic heterocycles. The largest absolute Gasteiger partial charge is 0.321 e. The van der Waals surface area contributed by atoms with Crippen LogP contribution in [0.15, 0.2) is 23.8 Å². The van der Waals surface area contributed by atoms with Crippen molar-refractivity contribution in [3.8, 4) is 0 Å². The Labute approximate surface area is 86.5 Å². The van der Waals surface area contributed by atoms with E-state index in [9.17, 15) is 0 Å². The fourth-order valence-corrected chi connectivity index (χ4v) is 1.85. The Bertz CT molecular complexity index is 393. The molecule has 4 nitrogen and oxygen atoms in total. The second-order valence-electron chi connectivity index (χ2n) is 3.27. The van der Waals surface area contributed by atoms with E-state index in [4.69, 9.17) is 5.73 Å². The first-order valence-electron chi connectivity index (χ1n) is 4.40. The SMILES string of the molecule is Cc1cnn(CC(N)c2ccsn2)c1. The van der Waals surface area contributed by atoms with Crippen LogP contribution in [0.25, 0.3) is 0 Å². The standard InChI is InChI=1S/C9H12N4S/c1-7-4-11-13(5-7)6-8(10)9-2-3-14-12-9/h2-5,8H,6,10H2,1H3. The molecule has 0 spiro atoms. The van der Waals surface area contributed by atoms with E-state index in [1.54, 1.807) is 0 Å². The summed E-state index contributed by atoms with van der Waals surface area (Å²) in [5, 5.41) is 6.11.